The van der Waals surface area contributed by atoms with Crippen LogP contribution in [-0.2, 0) is 4.79 Å². The van der Waals surface area contributed by atoms with Gasteiger partial charge in [0.1, 0.15) is 11.4 Å². The number of hydrogen-bond acceptors (Lipinski definition) is 5. The predicted octanol–water partition coefficient (Wildman–Crippen LogP) is 4.92. The number of nitro groups is 1. The summed E-state index contributed by atoms with van der Waals surface area (Å²) in [7, 11) is 1.44. The van der Waals surface area contributed by atoms with Gasteiger partial charge in [-0.25, -0.2) is 0 Å². The van der Waals surface area contributed by atoms with Crippen molar-refractivity contribution in [2.24, 2.45) is 0 Å². The fourth-order valence-electron chi connectivity index (χ4n) is 3.90. The number of methoxy groups -OCH3 is 1. The first-order chi connectivity index (χ1) is 15.0. The molecule has 0 spiro atoms. The number of amides is 1. The molecule has 160 valence electrons. The number of rotatable bonds is 8. The van der Waals surface area contributed by atoms with Crippen molar-refractivity contribution < 1.29 is 14.5 Å². The Morgan fingerprint density at radius 2 is 1.90 bits per heavy atom. The monoisotopic (exact) mass is 419 g/mol. The highest BCUT2D eigenvalue weighted by Crippen LogP contribution is 2.35. The Balaban J connectivity index is 1.52. The van der Waals surface area contributed by atoms with Crippen LogP contribution < -0.4 is 10.1 Å². The van der Waals surface area contributed by atoms with Gasteiger partial charge in [-0.1, -0.05) is 36.4 Å². The van der Waals surface area contributed by atoms with E-state index in [1.54, 1.807) is 6.07 Å². The maximum absolute atomic E-state index is 12.8. The van der Waals surface area contributed by atoms with Crippen LogP contribution in [0, 0.1) is 10.1 Å². The van der Waals surface area contributed by atoms with Gasteiger partial charge in [0, 0.05) is 12.1 Å². The zero-order valence-corrected chi connectivity index (χ0v) is 17.6. The molecule has 0 aliphatic heterocycles. The zero-order chi connectivity index (χ0) is 22.0. The van der Waals surface area contributed by atoms with E-state index in [0.717, 1.165) is 18.4 Å². The molecule has 1 unspecified atom stereocenters. The van der Waals surface area contributed by atoms with E-state index in [-0.39, 0.29) is 29.9 Å². The number of fused-ring (bicyclic) bond motifs is 1. The number of benzene rings is 3. The quantitative estimate of drug-likeness (QED) is 0.414. The average molecular weight is 419 g/mol. The van der Waals surface area contributed by atoms with Crippen molar-refractivity contribution in [3.63, 3.8) is 0 Å². The van der Waals surface area contributed by atoms with Gasteiger partial charge in [-0.05, 0) is 54.3 Å². The second kappa shape index (κ2) is 8.73. The number of nitro benzene ring substituents is 1. The molecule has 1 aliphatic carbocycles. The third-order valence-electron chi connectivity index (χ3n) is 5.77. The van der Waals surface area contributed by atoms with Crippen LogP contribution >= 0.6 is 0 Å². The highest BCUT2D eigenvalue weighted by atomic mass is 16.6. The van der Waals surface area contributed by atoms with Crippen LogP contribution in [0.5, 0.6) is 5.75 Å². The lowest BCUT2D eigenvalue weighted by molar-refractivity contribution is -0.384. The molecule has 1 fully saturated rings. The van der Waals surface area contributed by atoms with Gasteiger partial charge in [-0.2, -0.15) is 0 Å². The maximum atomic E-state index is 12.8. The maximum Gasteiger partial charge on any atom is 0.296 e. The first-order valence-electron chi connectivity index (χ1n) is 10.3. The molecule has 1 aliphatic rings. The lowest BCUT2D eigenvalue weighted by Crippen LogP contribution is -2.37. The Labute approximate surface area is 180 Å². The topological polar surface area (TPSA) is 84.7 Å². The standard InChI is InChI=1S/C24H25N3O4/c1-16(18-8-7-17-5-3-4-6-19(17)13-18)26(20-9-10-20)15-24(28)25-22-12-11-21(31-2)14-23(22)27(29)30/h3-8,11-14,16,20H,9-10,15H2,1-2H3,(H,25,28). The van der Waals surface area contributed by atoms with Crippen molar-refractivity contribution in [3.05, 3.63) is 76.3 Å². The van der Waals surface area contributed by atoms with E-state index in [1.165, 1.54) is 30.0 Å². The van der Waals surface area contributed by atoms with Gasteiger partial charge < -0.3 is 10.1 Å². The highest BCUT2D eigenvalue weighted by Gasteiger charge is 2.34. The van der Waals surface area contributed by atoms with Crippen molar-refractivity contribution in [3.8, 4) is 5.75 Å². The lowest BCUT2D eigenvalue weighted by Gasteiger charge is -2.29. The van der Waals surface area contributed by atoms with Crippen LogP contribution in [0.25, 0.3) is 10.8 Å². The molecular weight excluding hydrogens is 394 g/mol. The van der Waals surface area contributed by atoms with Crippen LogP contribution in [0.3, 0.4) is 0 Å². The second-order valence-corrected chi connectivity index (χ2v) is 7.87. The van der Waals surface area contributed by atoms with Gasteiger partial charge in [0.05, 0.1) is 24.6 Å². The predicted molar refractivity (Wildman–Crippen MR) is 120 cm³/mol. The smallest absolute Gasteiger partial charge is 0.296 e. The van der Waals surface area contributed by atoms with Crippen LogP contribution in [0.15, 0.2) is 60.7 Å². The molecule has 7 heteroatoms. The molecule has 0 bridgehead atoms. The number of ether oxygens (including phenoxy) is 1. The van der Waals surface area contributed by atoms with Crippen molar-refractivity contribution in [2.75, 3.05) is 19.0 Å². The number of nitrogens with one attached hydrogen (secondary N) is 1. The molecule has 1 atom stereocenters. The Kier molecular flexibility index (Phi) is 5.86. The first kappa shape index (κ1) is 20.8. The summed E-state index contributed by atoms with van der Waals surface area (Å²) in [5, 5.41) is 16.5. The Hall–Kier alpha value is -3.45. The van der Waals surface area contributed by atoms with Gasteiger partial charge in [0.2, 0.25) is 5.91 Å². The molecular formula is C24H25N3O4. The Bertz CT molecular complexity index is 1130. The Morgan fingerprint density at radius 3 is 2.58 bits per heavy atom. The molecule has 0 radical (unpaired) electrons. The highest BCUT2D eigenvalue weighted by molar-refractivity contribution is 5.94. The SMILES string of the molecule is COc1ccc(NC(=O)CN(C2CC2)C(C)c2ccc3ccccc3c2)c([N+](=O)[O-])c1. The molecule has 3 aromatic carbocycles. The average Bonchev–Trinajstić information content (AvgIpc) is 3.62. The summed E-state index contributed by atoms with van der Waals surface area (Å²) in [5.74, 6) is 0.0991. The van der Waals surface area contributed by atoms with Gasteiger partial charge >= 0.3 is 0 Å². The van der Waals surface area contributed by atoms with Crippen LogP contribution in [0.2, 0.25) is 0 Å². The first-order valence-corrected chi connectivity index (χ1v) is 10.3. The summed E-state index contributed by atoms with van der Waals surface area (Å²) in [4.78, 5) is 25.9. The molecule has 0 heterocycles. The van der Waals surface area contributed by atoms with Crippen LogP contribution in [0.1, 0.15) is 31.4 Å². The number of anilines is 1. The third-order valence-corrected chi connectivity index (χ3v) is 5.77. The minimum Gasteiger partial charge on any atom is -0.496 e. The van der Waals surface area contributed by atoms with E-state index in [0.29, 0.717) is 11.8 Å². The molecule has 31 heavy (non-hydrogen) atoms. The number of carbonyl (C=O) groups is 1. The molecule has 0 saturated heterocycles. The molecule has 4 rings (SSSR count). The largest absolute Gasteiger partial charge is 0.496 e. The minimum atomic E-state index is -0.519. The van der Waals surface area contributed by atoms with Crippen LogP contribution in [0.4, 0.5) is 11.4 Å². The summed E-state index contributed by atoms with van der Waals surface area (Å²) in [5.41, 5.74) is 1.13. The molecule has 3 aromatic rings. The van der Waals surface area contributed by atoms with Crippen molar-refractivity contribution in [1.82, 2.24) is 4.90 Å². The Morgan fingerprint density at radius 1 is 1.16 bits per heavy atom. The van der Waals surface area contributed by atoms with Crippen molar-refractivity contribution >= 4 is 28.1 Å². The molecule has 1 amide bonds. The van der Waals surface area contributed by atoms with Gasteiger partial charge in [0.25, 0.3) is 5.69 Å². The van der Waals surface area contributed by atoms with Gasteiger partial charge in [-0.3, -0.25) is 19.8 Å². The number of hydrogen-bond donors (Lipinski definition) is 1. The fourth-order valence-corrected chi connectivity index (χ4v) is 3.90. The van der Waals surface area contributed by atoms with E-state index in [9.17, 15) is 14.9 Å². The van der Waals surface area contributed by atoms with Crippen LogP contribution in [-0.4, -0.2) is 35.4 Å². The van der Waals surface area contributed by atoms with E-state index in [4.69, 9.17) is 4.74 Å². The van der Waals surface area contributed by atoms with E-state index < -0.39 is 4.92 Å². The minimum absolute atomic E-state index is 0.0497. The summed E-state index contributed by atoms with van der Waals surface area (Å²) >= 11 is 0. The molecule has 1 N–H and O–H groups in total. The number of nitrogens with zero attached hydrogens (tertiary/aromatic N) is 2. The fraction of sp³-hybridized carbons (Fsp3) is 0.292. The van der Waals surface area contributed by atoms with Gasteiger partial charge in [0.15, 0.2) is 0 Å². The van der Waals surface area contributed by atoms with E-state index >= 15 is 0 Å². The second-order valence-electron chi connectivity index (χ2n) is 7.87. The van der Waals surface area contributed by atoms with E-state index in [2.05, 4.69) is 47.5 Å². The zero-order valence-electron chi connectivity index (χ0n) is 17.6. The van der Waals surface area contributed by atoms with E-state index in [1.807, 2.05) is 12.1 Å². The van der Waals surface area contributed by atoms with Gasteiger partial charge in [-0.15, -0.1) is 0 Å². The normalized spacial score (nSPS) is 14.4. The summed E-state index contributed by atoms with van der Waals surface area (Å²) < 4.78 is 5.05. The lowest BCUT2D eigenvalue weighted by atomic mass is 10.0. The summed E-state index contributed by atoms with van der Waals surface area (Å²) in [6, 6.07) is 19.4. The number of carbonyl (C=O) groups excluding carboxylic acids is 1. The summed E-state index contributed by atoms with van der Waals surface area (Å²) in [6.45, 7) is 2.27. The molecule has 0 aromatic heterocycles. The molecule has 1 saturated carbocycles. The van der Waals surface area contributed by atoms with Crippen molar-refractivity contribution in [2.45, 2.75) is 31.8 Å². The van der Waals surface area contributed by atoms with Crippen molar-refractivity contribution in [1.29, 1.82) is 0 Å². The molecule has 7 nitrogen and oxygen atoms in total. The third kappa shape index (κ3) is 4.67. The summed E-state index contributed by atoms with van der Waals surface area (Å²) in [6.07, 6.45) is 2.10.